The quantitative estimate of drug-likeness (QED) is 0.813. The van der Waals surface area contributed by atoms with Crippen molar-refractivity contribution in [3.8, 4) is 0 Å². The van der Waals surface area contributed by atoms with Gasteiger partial charge in [0.05, 0.1) is 17.9 Å². The molecule has 0 bridgehead atoms. The van der Waals surface area contributed by atoms with Gasteiger partial charge >= 0.3 is 0 Å². The standard InChI is InChI=1S/C20H26N6O/c27-19-5-2-7-25(19)18-11-23-26(14-18)17-6-8-24(13-17)12-15-9-21-20(22-10-15)16-3-1-4-16/h9-11,14,16-17H,1-8,12-13H2. The number of aromatic nitrogens is 4. The summed E-state index contributed by atoms with van der Waals surface area (Å²) in [6.45, 7) is 3.73. The summed E-state index contributed by atoms with van der Waals surface area (Å²) in [5.74, 6) is 1.82. The summed E-state index contributed by atoms with van der Waals surface area (Å²) in [5.41, 5.74) is 2.12. The zero-order valence-corrected chi connectivity index (χ0v) is 15.6. The van der Waals surface area contributed by atoms with Crippen molar-refractivity contribution in [2.45, 2.75) is 57.0 Å². The molecule has 7 heteroatoms. The first kappa shape index (κ1) is 16.9. The highest BCUT2D eigenvalue weighted by molar-refractivity contribution is 5.95. The van der Waals surface area contributed by atoms with Gasteiger partial charge < -0.3 is 4.90 Å². The van der Waals surface area contributed by atoms with Gasteiger partial charge in [0.15, 0.2) is 0 Å². The molecular weight excluding hydrogens is 340 g/mol. The van der Waals surface area contributed by atoms with Crippen molar-refractivity contribution in [3.05, 3.63) is 36.2 Å². The third kappa shape index (κ3) is 3.36. The van der Waals surface area contributed by atoms with Gasteiger partial charge in [-0.05, 0) is 25.7 Å². The minimum Gasteiger partial charge on any atom is -0.309 e. The first-order chi connectivity index (χ1) is 13.3. The molecule has 7 nitrogen and oxygen atoms in total. The molecule has 0 radical (unpaired) electrons. The number of rotatable bonds is 5. The second-order valence-electron chi connectivity index (χ2n) is 8.08. The Morgan fingerprint density at radius 2 is 1.89 bits per heavy atom. The molecule has 3 aliphatic rings. The van der Waals surface area contributed by atoms with Gasteiger partial charge in [0.2, 0.25) is 5.91 Å². The summed E-state index contributed by atoms with van der Waals surface area (Å²) in [6.07, 6.45) is 14.3. The minimum absolute atomic E-state index is 0.216. The lowest BCUT2D eigenvalue weighted by molar-refractivity contribution is -0.117. The van der Waals surface area contributed by atoms with Crippen LogP contribution in [0, 0.1) is 0 Å². The molecule has 4 heterocycles. The third-order valence-electron chi connectivity index (χ3n) is 6.20. The molecule has 1 amide bonds. The number of anilines is 1. The summed E-state index contributed by atoms with van der Waals surface area (Å²) in [7, 11) is 0. The maximum absolute atomic E-state index is 11.9. The average molecular weight is 366 g/mol. The Hall–Kier alpha value is -2.28. The molecule has 3 fully saturated rings. The van der Waals surface area contributed by atoms with E-state index in [-0.39, 0.29) is 5.91 Å². The predicted octanol–water partition coefficient (Wildman–Crippen LogP) is 2.51. The first-order valence-electron chi connectivity index (χ1n) is 10.1. The molecule has 2 aromatic heterocycles. The van der Waals surface area contributed by atoms with Crippen LogP contribution in [0.4, 0.5) is 5.69 Å². The smallest absolute Gasteiger partial charge is 0.227 e. The number of hydrogen-bond acceptors (Lipinski definition) is 5. The van der Waals surface area contributed by atoms with Gasteiger partial charge in [-0.25, -0.2) is 9.97 Å². The van der Waals surface area contributed by atoms with E-state index in [0.29, 0.717) is 18.4 Å². The van der Waals surface area contributed by atoms with Gasteiger partial charge in [0.25, 0.3) is 0 Å². The molecule has 27 heavy (non-hydrogen) atoms. The van der Waals surface area contributed by atoms with Gasteiger partial charge in [0.1, 0.15) is 5.82 Å². The maximum Gasteiger partial charge on any atom is 0.227 e. The molecule has 142 valence electrons. The summed E-state index contributed by atoms with van der Waals surface area (Å²) in [6, 6.07) is 0.367. The monoisotopic (exact) mass is 366 g/mol. The van der Waals surface area contributed by atoms with E-state index in [1.165, 1.54) is 24.8 Å². The number of nitrogens with zero attached hydrogens (tertiary/aromatic N) is 6. The predicted molar refractivity (Wildman–Crippen MR) is 101 cm³/mol. The normalized spacial score (nSPS) is 23.9. The fraction of sp³-hybridized carbons (Fsp3) is 0.600. The van der Waals surface area contributed by atoms with Crippen molar-refractivity contribution in [1.82, 2.24) is 24.6 Å². The lowest BCUT2D eigenvalue weighted by atomic mass is 9.85. The molecule has 2 aliphatic heterocycles. The molecule has 5 rings (SSSR count). The molecule has 1 saturated carbocycles. The number of amides is 1. The molecule has 2 aromatic rings. The minimum atomic E-state index is 0.216. The summed E-state index contributed by atoms with van der Waals surface area (Å²) < 4.78 is 2.04. The zero-order valence-electron chi connectivity index (χ0n) is 15.6. The molecular formula is C20H26N6O. The Balaban J connectivity index is 1.19. The summed E-state index contributed by atoms with van der Waals surface area (Å²) >= 11 is 0. The van der Waals surface area contributed by atoms with Gasteiger partial charge in [-0.1, -0.05) is 6.42 Å². The van der Waals surface area contributed by atoms with Crippen LogP contribution in [0.3, 0.4) is 0 Å². The van der Waals surface area contributed by atoms with Crippen molar-refractivity contribution in [2.24, 2.45) is 0 Å². The van der Waals surface area contributed by atoms with Gasteiger partial charge in [-0.15, -0.1) is 0 Å². The van der Waals surface area contributed by atoms with Crippen molar-refractivity contribution in [1.29, 1.82) is 0 Å². The Labute approximate surface area is 159 Å². The Morgan fingerprint density at radius 1 is 1.04 bits per heavy atom. The fourth-order valence-electron chi connectivity index (χ4n) is 4.34. The van der Waals surface area contributed by atoms with E-state index in [2.05, 4.69) is 20.0 Å². The lowest BCUT2D eigenvalue weighted by Crippen LogP contribution is -2.23. The van der Waals surface area contributed by atoms with Crippen LogP contribution in [-0.2, 0) is 11.3 Å². The highest BCUT2D eigenvalue weighted by Gasteiger charge is 2.27. The Kier molecular flexibility index (Phi) is 4.39. The van der Waals surface area contributed by atoms with E-state index in [4.69, 9.17) is 0 Å². The molecule has 1 unspecified atom stereocenters. The summed E-state index contributed by atoms with van der Waals surface area (Å²) in [4.78, 5) is 25.4. The van der Waals surface area contributed by atoms with Gasteiger partial charge in [-0.3, -0.25) is 14.4 Å². The van der Waals surface area contributed by atoms with Crippen molar-refractivity contribution >= 4 is 11.6 Å². The van der Waals surface area contributed by atoms with Gasteiger partial charge in [0, 0.05) is 62.7 Å². The fourth-order valence-corrected chi connectivity index (χ4v) is 4.34. The van der Waals surface area contributed by atoms with Crippen LogP contribution in [0.2, 0.25) is 0 Å². The molecule has 0 N–H and O–H groups in total. The summed E-state index contributed by atoms with van der Waals surface area (Å²) in [5, 5.41) is 4.54. The van der Waals surface area contributed by atoms with Crippen LogP contribution < -0.4 is 4.90 Å². The van der Waals surface area contributed by atoms with Gasteiger partial charge in [-0.2, -0.15) is 5.10 Å². The zero-order chi connectivity index (χ0) is 18.2. The maximum atomic E-state index is 11.9. The van der Waals surface area contributed by atoms with E-state index in [1.54, 1.807) is 0 Å². The van der Waals surface area contributed by atoms with Crippen molar-refractivity contribution < 1.29 is 4.79 Å². The van der Waals surface area contributed by atoms with E-state index in [0.717, 1.165) is 50.5 Å². The molecule has 2 saturated heterocycles. The van der Waals surface area contributed by atoms with Crippen LogP contribution in [0.1, 0.15) is 61.9 Å². The number of likely N-dealkylation sites (tertiary alicyclic amines) is 1. The topological polar surface area (TPSA) is 67.2 Å². The lowest BCUT2D eigenvalue weighted by Gasteiger charge is -2.23. The molecule has 0 spiro atoms. The number of carbonyl (C=O) groups excluding carboxylic acids is 1. The molecule has 1 aliphatic carbocycles. The molecule has 1 atom stereocenters. The first-order valence-corrected chi connectivity index (χ1v) is 10.1. The van der Waals surface area contributed by atoms with Crippen LogP contribution >= 0.6 is 0 Å². The Morgan fingerprint density at radius 3 is 2.59 bits per heavy atom. The van der Waals surface area contributed by atoms with Crippen molar-refractivity contribution in [3.63, 3.8) is 0 Å². The highest BCUT2D eigenvalue weighted by atomic mass is 16.2. The van der Waals surface area contributed by atoms with Crippen LogP contribution in [0.25, 0.3) is 0 Å². The van der Waals surface area contributed by atoms with E-state index in [1.807, 2.05) is 34.4 Å². The molecule has 0 aromatic carbocycles. The van der Waals surface area contributed by atoms with Crippen molar-refractivity contribution in [2.75, 3.05) is 24.5 Å². The second-order valence-corrected chi connectivity index (χ2v) is 8.08. The second kappa shape index (κ2) is 7.03. The van der Waals surface area contributed by atoms with E-state index in [9.17, 15) is 4.79 Å². The average Bonchev–Trinajstić information content (AvgIpc) is 3.35. The van der Waals surface area contributed by atoms with E-state index >= 15 is 0 Å². The van der Waals surface area contributed by atoms with Crippen LogP contribution in [-0.4, -0.2) is 50.2 Å². The number of hydrogen-bond donors (Lipinski definition) is 0. The third-order valence-corrected chi connectivity index (χ3v) is 6.20. The largest absolute Gasteiger partial charge is 0.309 e. The highest BCUT2D eigenvalue weighted by Crippen LogP contribution is 2.34. The van der Waals surface area contributed by atoms with E-state index < -0.39 is 0 Å². The SMILES string of the molecule is O=C1CCCN1c1cnn(C2CCN(Cc3cnc(C4CCC4)nc3)C2)c1. The number of carbonyl (C=O) groups is 1. The van der Waals surface area contributed by atoms with Crippen LogP contribution in [0.5, 0.6) is 0 Å². The van der Waals surface area contributed by atoms with Crippen LogP contribution in [0.15, 0.2) is 24.8 Å². The Bertz CT molecular complexity index is 812.